The lowest BCUT2D eigenvalue weighted by atomic mass is 10.1. The van der Waals surface area contributed by atoms with Gasteiger partial charge in [0, 0.05) is 5.56 Å². The van der Waals surface area contributed by atoms with E-state index in [2.05, 4.69) is 9.97 Å². The molecule has 0 radical (unpaired) electrons. The second-order valence-electron chi connectivity index (χ2n) is 5.87. The van der Waals surface area contributed by atoms with Crippen LogP contribution in [0.2, 0.25) is 0 Å². The van der Waals surface area contributed by atoms with E-state index in [1.165, 1.54) is 6.07 Å². The molecule has 0 aliphatic heterocycles. The fourth-order valence-corrected chi connectivity index (χ4v) is 2.83. The number of nitrogens with one attached hydrogen (secondary N) is 1. The number of aromatic carboxylic acids is 1. The number of carboxylic acid groups (broad SMARTS) is 1. The summed E-state index contributed by atoms with van der Waals surface area (Å²) in [6, 6.07) is 22.6. The molecule has 0 amide bonds. The van der Waals surface area contributed by atoms with Crippen LogP contribution in [0.3, 0.4) is 0 Å². The largest absolute Gasteiger partial charge is 0.486 e. The molecule has 0 atom stereocenters. The third kappa shape index (κ3) is 3.02. The molecule has 0 unspecified atom stereocenters. The number of rotatable bonds is 5. The number of carboxylic acids is 1. The lowest BCUT2D eigenvalue weighted by Gasteiger charge is -2.10. The molecule has 0 aliphatic rings. The van der Waals surface area contributed by atoms with E-state index in [0.717, 1.165) is 16.6 Å². The van der Waals surface area contributed by atoms with E-state index < -0.39 is 5.97 Å². The van der Waals surface area contributed by atoms with Gasteiger partial charge in [0.05, 0.1) is 5.52 Å². The van der Waals surface area contributed by atoms with Gasteiger partial charge in [-0.1, -0.05) is 60.7 Å². The molecule has 0 spiro atoms. The van der Waals surface area contributed by atoms with Gasteiger partial charge in [-0.05, 0) is 17.7 Å². The molecular formula is C21H16N2O3. The summed E-state index contributed by atoms with van der Waals surface area (Å²) in [4.78, 5) is 19.5. The van der Waals surface area contributed by atoms with E-state index in [9.17, 15) is 9.90 Å². The number of aromatic nitrogens is 2. The highest BCUT2D eigenvalue weighted by atomic mass is 16.5. The number of imidazole rings is 1. The second kappa shape index (κ2) is 6.72. The Morgan fingerprint density at radius 2 is 1.65 bits per heavy atom. The van der Waals surface area contributed by atoms with Crippen LogP contribution >= 0.6 is 0 Å². The van der Waals surface area contributed by atoms with Crippen LogP contribution in [0.5, 0.6) is 5.75 Å². The Balaban J connectivity index is 1.78. The Morgan fingerprint density at radius 1 is 0.962 bits per heavy atom. The van der Waals surface area contributed by atoms with E-state index in [1.807, 2.05) is 60.7 Å². The van der Waals surface area contributed by atoms with Crippen LogP contribution in [0.4, 0.5) is 0 Å². The summed E-state index contributed by atoms with van der Waals surface area (Å²) in [5, 5.41) is 9.53. The van der Waals surface area contributed by atoms with Crippen LogP contribution in [0, 0.1) is 0 Å². The molecule has 128 valence electrons. The number of hydrogen-bond donors (Lipinski definition) is 2. The summed E-state index contributed by atoms with van der Waals surface area (Å²) in [7, 11) is 0. The van der Waals surface area contributed by atoms with Crippen LogP contribution in [0.1, 0.15) is 15.9 Å². The number of H-pyrrole nitrogens is 1. The molecule has 1 aromatic heterocycles. The number of carbonyl (C=O) groups is 1. The first-order valence-electron chi connectivity index (χ1n) is 8.20. The minimum absolute atomic E-state index is 0.0968. The van der Waals surface area contributed by atoms with Crippen molar-refractivity contribution in [3.63, 3.8) is 0 Å². The quantitative estimate of drug-likeness (QED) is 0.559. The number of fused-ring (bicyclic) bond motifs is 1. The van der Waals surface area contributed by atoms with Crippen molar-refractivity contribution in [2.75, 3.05) is 0 Å². The smallest absolute Gasteiger partial charge is 0.339 e. The third-order valence-electron chi connectivity index (χ3n) is 4.11. The Kier molecular flexibility index (Phi) is 4.11. The Labute approximate surface area is 149 Å². The van der Waals surface area contributed by atoms with Crippen LogP contribution in [0.25, 0.3) is 22.4 Å². The highest BCUT2D eigenvalue weighted by Crippen LogP contribution is 2.31. The van der Waals surface area contributed by atoms with Crippen molar-refractivity contribution in [3.8, 4) is 17.1 Å². The van der Waals surface area contributed by atoms with Crippen LogP contribution in [0.15, 0.2) is 72.8 Å². The first kappa shape index (κ1) is 15.9. The summed E-state index contributed by atoms with van der Waals surface area (Å²) in [5.74, 6) is -0.0933. The van der Waals surface area contributed by atoms with Gasteiger partial charge in [-0.25, -0.2) is 9.78 Å². The minimum atomic E-state index is -1.04. The fourth-order valence-electron chi connectivity index (χ4n) is 2.83. The molecule has 2 N–H and O–H groups in total. The second-order valence-corrected chi connectivity index (χ2v) is 5.87. The zero-order valence-corrected chi connectivity index (χ0v) is 13.8. The fraction of sp³-hybridized carbons (Fsp3) is 0.0476. The number of ether oxygens (including phenoxy) is 1. The summed E-state index contributed by atoms with van der Waals surface area (Å²) in [5.41, 5.74) is 3.23. The predicted molar refractivity (Wildman–Crippen MR) is 99.3 cm³/mol. The average molecular weight is 344 g/mol. The van der Waals surface area contributed by atoms with Gasteiger partial charge in [-0.3, -0.25) is 0 Å². The molecule has 5 nitrogen and oxygen atoms in total. The summed E-state index contributed by atoms with van der Waals surface area (Å²) in [6.07, 6.45) is 0. The zero-order chi connectivity index (χ0) is 17.9. The number of benzene rings is 3. The molecule has 0 fully saturated rings. The minimum Gasteiger partial charge on any atom is -0.486 e. The first-order valence-corrected chi connectivity index (χ1v) is 8.20. The molecule has 4 rings (SSSR count). The van der Waals surface area contributed by atoms with Crippen molar-refractivity contribution < 1.29 is 14.6 Å². The summed E-state index contributed by atoms with van der Waals surface area (Å²) < 4.78 is 5.88. The highest BCUT2D eigenvalue weighted by Gasteiger charge is 2.18. The molecule has 3 aromatic carbocycles. The van der Waals surface area contributed by atoms with E-state index in [1.54, 1.807) is 6.07 Å². The van der Waals surface area contributed by atoms with Crippen molar-refractivity contribution in [1.29, 1.82) is 0 Å². The first-order chi connectivity index (χ1) is 12.7. The molecular weight excluding hydrogens is 328 g/mol. The Hall–Kier alpha value is -3.60. The number of hydrogen-bond acceptors (Lipinski definition) is 3. The van der Waals surface area contributed by atoms with E-state index in [4.69, 9.17) is 4.74 Å². The topological polar surface area (TPSA) is 75.2 Å². The Morgan fingerprint density at radius 3 is 2.35 bits per heavy atom. The van der Waals surface area contributed by atoms with Crippen molar-refractivity contribution in [2.24, 2.45) is 0 Å². The van der Waals surface area contributed by atoms with E-state index >= 15 is 0 Å². The predicted octanol–water partition coefficient (Wildman–Crippen LogP) is 4.51. The van der Waals surface area contributed by atoms with Crippen molar-refractivity contribution in [3.05, 3.63) is 83.9 Å². The molecule has 0 aliphatic carbocycles. The number of nitrogens with zero attached hydrogens (tertiary/aromatic N) is 1. The standard InChI is InChI=1S/C21H16N2O3/c24-21(25)16-11-12-17-18(19(16)26-13-14-7-3-1-4-8-14)23-20(22-17)15-9-5-2-6-10-15/h1-12H,13H2,(H,22,23)(H,24,25). The van der Waals surface area contributed by atoms with Crippen molar-refractivity contribution in [2.45, 2.75) is 6.61 Å². The van der Waals surface area contributed by atoms with Crippen LogP contribution < -0.4 is 4.74 Å². The van der Waals surface area contributed by atoms with Gasteiger partial charge >= 0.3 is 5.97 Å². The monoisotopic (exact) mass is 344 g/mol. The molecule has 0 bridgehead atoms. The Bertz CT molecular complexity index is 1060. The summed E-state index contributed by atoms with van der Waals surface area (Å²) >= 11 is 0. The van der Waals surface area contributed by atoms with Crippen LogP contribution in [-0.4, -0.2) is 21.0 Å². The van der Waals surface area contributed by atoms with Gasteiger partial charge in [-0.2, -0.15) is 0 Å². The molecule has 26 heavy (non-hydrogen) atoms. The van der Waals surface area contributed by atoms with Crippen molar-refractivity contribution >= 4 is 17.0 Å². The average Bonchev–Trinajstić information content (AvgIpc) is 3.12. The normalized spacial score (nSPS) is 10.8. The third-order valence-corrected chi connectivity index (χ3v) is 4.11. The molecule has 4 aromatic rings. The SMILES string of the molecule is O=C(O)c1ccc2[nH]c(-c3ccccc3)nc2c1OCc1ccccc1. The van der Waals surface area contributed by atoms with Gasteiger partial charge in [-0.15, -0.1) is 0 Å². The van der Waals surface area contributed by atoms with Gasteiger partial charge in [0.1, 0.15) is 23.5 Å². The lowest BCUT2D eigenvalue weighted by molar-refractivity contribution is 0.0692. The van der Waals surface area contributed by atoms with Crippen molar-refractivity contribution in [1.82, 2.24) is 9.97 Å². The van der Waals surface area contributed by atoms with E-state index in [-0.39, 0.29) is 17.9 Å². The van der Waals surface area contributed by atoms with Gasteiger partial charge in [0.25, 0.3) is 0 Å². The highest BCUT2D eigenvalue weighted by molar-refractivity contribution is 5.99. The maximum Gasteiger partial charge on any atom is 0.339 e. The maximum absolute atomic E-state index is 11.6. The molecule has 1 heterocycles. The van der Waals surface area contributed by atoms with Gasteiger partial charge in [0.2, 0.25) is 0 Å². The van der Waals surface area contributed by atoms with Gasteiger partial charge in [0.15, 0.2) is 5.75 Å². The number of aromatic amines is 1. The molecule has 0 saturated heterocycles. The zero-order valence-electron chi connectivity index (χ0n) is 13.8. The lowest BCUT2D eigenvalue weighted by Crippen LogP contribution is -2.04. The summed E-state index contributed by atoms with van der Waals surface area (Å²) in [6.45, 7) is 0.272. The maximum atomic E-state index is 11.6. The molecule has 0 saturated carbocycles. The van der Waals surface area contributed by atoms with Gasteiger partial charge < -0.3 is 14.8 Å². The van der Waals surface area contributed by atoms with Crippen LogP contribution in [-0.2, 0) is 6.61 Å². The van der Waals surface area contributed by atoms with E-state index in [0.29, 0.717) is 11.3 Å². The molecule has 5 heteroatoms.